The molecule has 0 radical (unpaired) electrons. The van der Waals surface area contributed by atoms with E-state index in [1.54, 1.807) is 17.4 Å². The Morgan fingerprint density at radius 2 is 2.07 bits per heavy atom. The first kappa shape index (κ1) is 17.9. The zero-order chi connectivity index (χ0) is 19.6. The topological polar surface area (TPSA) is 85.3 Å². The molecule has 5 rings (SSSR count). The minimum atomic E-state index is -1.21. The summed E-state index contributed by atoms with van der Waals surface area (Å²) in [6.07, 6.45) is 6.50. The van der Waals surface area contributed by atoms with Crippen LogP contribution in [0.2, 0.25) is 5.02 Å². The lowest BCUT2D eigenvalue weighted by Crippen LogP contribution is -2.19. The van der Waals surface area contributed by atoms with Crippen LogP contribution in [0, 0.1) is 0 Å². The summed E-state index contributed by atoms with van der Waals surface area (Å²) in [6, 6.07) is 5.93. The van der Waals surface area contributed by atoms with E-state index in [9.17, 15) is 14.7 Å². The van der Waals surface area contributed by atoms with E-state index < -0.39 is 11.4 Å². The number of aromatic carboxylic acids is 1. The molecule has 3 N–H and O–H groups in total. The number of aryl methyl sites for hydroxylation is 1. The van der Waals surface area contributed by atoms with Crippen LogP contribution >= 0.6 is 22.9 Å². The Hall–Kier alpha value is -2.15. The highest BCUT2D eigenvalue weighted by atomic mass is 35.5. The molecule has 1 saturated carbocycles. The van der Waals surface area contributed by atoms with Crippen molar-refractivity contribution in [2.75, 3.05) is 0 Å². The second-order valence-electron chi connectivity index (χ2n) is 7.63. The monoisotopic (exact) mass is 414 g/mol. The first-order valence-electron chi connectivity index (χ1n) is 9.45. The van der Waals surface area contributed by atoms with Gasteiger partial charge in [-0.2, -0.15) is 0 Å². The van der Waals surface area contributed by atoms with Gasteiger partial charge in [0.2, 0.25) is 5.43 Å². The van der Waals surface area contributed by atoms with Gasteiger partial charge in [-0.1, -0.05) is 17.7 Å². The Balaban J connectivity index is 1.76. The molecule has 0 spiro atoms. The van der Waals surface area contributed by atoms with Crippen LogP contribution < -0.4 is 11.2 Å². The highest BCUT2D eigenvalue weighted by Crippen LogP contribution is 2.44. The molecule has 2 heterocycles. The normalized spacial score (nSPS) is 19.0. The maximum atomic E-state index is 12.7. The lowest BCUT2D eigenvalue weighted by Gasteiger charge is -2.17. The minimum Gasteiger partial charge on any atom is -0.477 e. The zero-order valence-electron chi connectivity index (χ0n) is 15.1. The summed E-state index contributed by atoms with van der Waals surface area (Å²) in [5.74, 6) is -1.21. The third-order valence-corrected chi connectivity index (χ3v) is 7.35. The van der Waals surface area contributed by atoms with E-state index in [-0.39, 0.29) is 17.6 Å². The number of hydrogen-bond donors (Lipinski definition) is 2. The quantitative estimate of drug-likeness (QED) is 0.647. The Labute approximate surface area is 170 Å². The molecule has 5 nitrogen and oxygen atoms in total. The molecule has 3 aromatic rings. The zero-order valence-corrected chi connectivity index (χ0v) is 16.6. The fourth-order valence-corrected chi connectivity index (χ4v) is 5.84. The number of carboxylic acid groups (broad SMARTS) is 1. The Bertz CT molecular complexity index is 1190. The van der Waals surface area contributed by atoms with Crippen molar-refractivity contribution in [3.05, 3.63) is 55.6 Å². The van der Waals surface area contributed by atoms with E-state index in [4.69, 9.17) is 17.3 Å². The molecule has 0 amide bonds. The lowest BCUT2D eigenvalue weighted by atomic mass is 9.94. The summed E-state index contributed by atoms with van der Waals surface area (Å²) in [5.41, 5.74) is 8.28. The van der Waals surface area contributed by atoms with Gasteiger partial charge in [-0.15, -0.1) is 11.3 Å². The standard InChI is InChI=1S/C21H19ClN2O3S/c22-18-11(17-8-13-15(23)2-1-3-16(13)28-17)6-7-12-19(18)24(10-4-5-10)9-14(20(12)25)21(26)27/h6-10,15H,1-5,23H2,(H,26,27). The average Bonchev–Trinajstić information content (AvgIpc) is 3.41. The van der Waals surface area contributed by atoms with Crippen LogP contribution in [0.3, 0.4) is 0 Å². The van der Waals surface area contributed by atoms with Crippen LogP contribution in [0.1, 0.15) is 58.6 Å². The molecule has 7 heteroatoms. The highest BCUT2D eigenvalue weighted by molar-refractivity contribution is 7.15. The predicted molar refractivity (Wildman–Crippen MR) is 112 cm³/mol. The largest absolute Gasteiger partial charge is 0.477 e. The molecule has 0 saturated heterocycles. The third-order valence-electron chi connectivity index (χ3n) is 5.73. The second-order valence-corrected chi connectivity index (χ2v) is 9.14. The number of pyridine rings is 1. The second kappa shape index (κ2) is 6.44. The average molecular weight is 415 g/mol. The van der Waals surface area contributed by atoms with Crippen molar-refractivity contribution in [1.29, 1.82) is 0 Å². The molecule has 1 unspecified atom stereocenters. The Morgan fingerprint density at radius 1 is 1.29 bits per heavy atom. The van der Waals surface area contributed by atoms with Crippen molar-refractivity contribution >= 4 is 39.8 Å². The number of carboxylic acids is 1. The third kappa shape index (κ3) is 2.70. The number of fused-ring (bicyclic) bond motifs is 2. The highest BCUT2D eigenvalue weighted by Gasteiger charge is 2.29. The first-order chi connectivity index (χ1) is 13.5. The summed E-state index contributed by atoms with van der Waals surface area (Å²) < 4.78 is 1.88. The van der Waals surface area contributed by atoms with Crippen molar-refractivity contribution in [3.63, 3.8) is 0 Å². The van der Waals surface area contributed by atoms with Gasteiger partial charge >= 0.3 is 5.97 Å². The number of thiophene rings is 1. The van der Waals surface area contributed by atoms with E-state index in [0.29, 0.717) is 15.9 Å². The van der Waals surface area contributed by atoms with Crippen LogP contribution in [0.25, 0.3) is 21.3 Å². The number of nitrogens with two attached hydrogens (primary N) is 1. The summed E-state index contributed by atoms with van der Waals surface area (Å²) in [4.78, 5) is 26.6. The number of halogens is 1. The Morgan fingerprint density at radius 3 is 2.75 bits per heavy atom. The van der Waals surface area contributed by atoms with Crippen molar-refractivity contribution in [2.24, 2.45) is 5.73 Å². The predicted octanol–water partition coefficient (Wildman–Crippen LogP) is 4.75. The van der Waals surface area contributed by atoms with Crippen LogP contribution in [-0.4, -0.2) is 15.6 Å². The summed E-state index contributed by atoms with van der Waals surface area (Å²) in [7, 11) is 0. The van der Waals surface area contributed by atoms with Crippen LogP contribution in [0.15, 0.2) is 29.2 Å². The van der Waals surface area contributed by atoms with Gasteiger partial charge in [-0.05, 0) is 49.8 Å². The summed E-state index contributed by atoms with van der Waals surface area (Å²) in [6.45, 7) is 0. The smallest absolute Gasteiger partial charge is 0.341 e. The van der Waals surface area contributed by atoms with E-state index in [0.717, 1.165) is 42.5 Å². The van der Waals surface area contributed by atoms with Crippen molar-refractivity contribution in [2.45, 2.75) is 44.2 Å². The molecule has 1 fully saturated rings. The molecule has 1 atom stereocenters. The fraction of sp³-hybridized carbons (Fsp3) is 0.333. The van der Waals surface area contributed by atoms with Gasteiger partial charge < -0.3 is 15.4 Å². The van der Waals surface area contributed by atoms with E-state index >= 15 is 0 Å². The molecular formula is C21H19ClN2O3S. The molecule has 0 aliphatic heterocycles. The first-order valence-corrected chi connectivity index (χ1v) is 10.6. The number of carbonyl (C=O) groups is 1. The van der Waals surface area contributed by atoms with E-state index in [2.05, 4.69) is 6.07 Å². The maximum Gasteiger partial charge on any atom is 0.341 e. The van der Waals surface area contributed by atoms with Crippen molar-refractivity contribution in [1.82, 2.24) is 4.57 Å². The van der Waals surface area contributed by atoms with Crippen LogP contribution in [0.5, 0.6) is 0 Å². The minimum absolute atomic E-state index is 0.0655. The van der Waals surface area contributed by atoms with Crippen molar-refractivity contribution < 1.29 is 9.90 Å². The molecule has 2 aliphatic rings. The molecule has 144 valence electrons. The SMILES string of the molecule is NC1CCCc2sc(-c3ccc4c(=O)c(C(=O)O)cn(C5CC5)c4c3Cl)cc21. The van der Waals surface area contributed by atoms with Gasteiger partial charge in [-0.3, -0.25) is 4.79 Å². The van der Waals surface area contributed by atoms with Crippen molar-refractivity contribution in [3.8, 4) is 10.4 Å². The molecule has 28 heavy (non-hydrogen) atoms. The molecular weight excluding hydrogens is 396 g/mol. The van der Waals surface area contributed by atoms with Crippen LogP contribution in [-0.2, 0) is 6.42 Å². The molecule has 2 aromatic heterocycles. The number of benzene rings is 1. The van der Waals surface area contributed by atoms with Gasteiger partial charge in [0, 0.05) is 39.0 Å². The number of aromatic nitrogens is 1. The van der Waals surface area contributed by atoms with Gasteiger partial charge in [0.1, 0.15) is 5.56 Å². The fourth-order valence-electron chi connectivity index (χ4n) is 4.11. The number of hydrogen-bond acceptors (Lipinski definition) is 4. The van der Waals surface area contributed by atoms with E-state index in [1.807, 2.05) is 10.6 Å². The summed E-state index contributed by atoms with van der Waals surface area (Å²) >= 11 is 8.54. The number of nitrogens with zero attached hydrogens (tertiary/aromatic N) is 1. The lowest BCUT2D eigenvalue weighted by molar-refractivity contribution is 0.0695. The van der Waals surface area contributed by atoms with Gasteiger partial charge in [0.25, 0.3) is 0 Å². The van der Waals surface area contributed by atoms with Gasteiger partial charge in [0.05, 0.1) is 10.5 Å². The van der Waals surface area contributed by atoms with Crippen LogP contribution in [0.4, 0.5) is 0 Å². The Kier molecular flexibility index (Phi) is 4.12. The van der Waals surface area contributed by atoms with Gasteiger partial charge in [0.15, 0.2) is 0 Å². The molecule has 0 bridgehead atoms. The molecule has 1 aromatic carbocycles. The maximum absolute atomic E-state index is 12.7. The van der Waals surface area contributed by atoms with Gasteiger partial charge in [-0.25, -0.2) is 4.79 Å². The number of rotatable bonds is 3. The summed E-state index contributed by atoms with van der Waals surface area (Å²) in [5, 5.41) is 10.3. The van der Waals surface area contributed by atoms with E-state index in [1.165, 1.54) is 16.6 Å². The molecule has 2 aliphatic carbocycles.